The molecule has 0 saturated heterocycles. The minimum atomic E-state index is -5.45. The fraction of sp³-hybridized carbons (Fsp3) is 0.250. The summed E-state index contributed by atoms with van der Waals surface area (Å²) in [5.74, 6) is 0. The molecule has 0 spiro atoms. The van der Waals surface area contributed by atoms with Crippen molar-refractivity contribution in [3.05, 3.63) is 60.2 Å². The van der Waals surface area contributed by atoms with Crippen LogP contribution in [0.1, 0.15) is 18.4 Å². The molecule has 0 aliphatic rings. The summed E-state index contributed by atoms with van der Waals surface area (Å²) in [5, 5.41) is -2.37. The van der Waals surface area contributed by atoms with Gasteiger partial charge in [0, 0.05) is 5.40 Å². The molecule has 0 bridgehead atoms. The third kappa shape index (κ3) is 12.1. The zero-order valence-electron chi connectivity index (χ0n) is 16.7. The molecule has 0 atom stereocenters. The smallest absolute Gasteiger partial charge is 0.810 e. The maximum Gasteiger partial charge on any atom is 1.00 e. The molecule has 130 valence electrons. The SMILES string of the molecule is O=P([O-])([O-])C(CCCc1ccc(-c2ccccc2)cc1)P(=O)([O-])[O-].[Na+].[Na+].[Na+].[Na+]. The Morgan fingerprint density at radius 3 is 1.54 bits per heavy atom. The third-order valence-electron chi connectivity index (χ3n) is 3.72. The molecule has 6 nitrogen and oxygen atoms in total. The van der Waals surface area contributed by atoms with Gasteiger partial charge >= 0.3 is 118 Å². The van der Waals surface area contributed by atoms with E-state index in [1.807, 2.05) is 54.6 Å². The quantitative estimate of drug-likeness (QED) is 0.300. The van der Waals surface area contributed by atoms with Crippen LogP contribution in [0.4, 0.5) is 0 Å². The van der Waals surface area contributed by atoms with Crippen LogP contribution in [0.3, 0.4) is 0 Å². The van der Waals surface area contributed by atoms with Crippen molar-refractivity contribution in [3.63, 3.8) is 0 Å². The van der Waals surface area contributed by atoms with Gasteiger partial charge in [0.1, 0.15) is 0 Å². The normalized spacial score (nSPS) is 10.8. The maximum absolute atomic E-state index is 10.9. The molecule has 0 heterocycles. The average molecular weight is 458 g/mol. The van der Waals surface area contributed by atoms with Crippen molar-refractivity contribution >= 4 is 15.2 Å². The van der Waals surface area contributed by atoms with Gasteiger partial charge in [0.05, 0.1) is 0 Å². The number of aryl methyl sites for hydroxylation is 1. The van der Waals surface area contributed by atoms with Crippen LogP contribution in [0.5, 0.6) is 0 Å². The predicted molar refractivity (Wildman–Crippen MR) is 83.8 cm³/mol. The minimum Gasteiger partial charge on any atom is -0.810 e. The average Bonchev–Trinajstić information content (AvgIpc) is 2.50. The van der Waals surface area contributed by atoms with E-state index >= 15 is 0 Å². The molecule has 28 heavy (non-hydrogen) atoms. The third-order valence-corrected chi connectivity index (χ3v) is 7.39. The predicted octanol–water partition coefficient (Wildman–Crippen LogP) is -11.2. The van der Waals surface area contributed by atoms with E-state index in [0.29, 0.717) is 6.42 Å². The first kappa shape index (κ1) is 35.3. The molecule has 2 aromatic carbocycles. The van der Waals surface area contributed by atoms with E-state index in [9.17, 15) is 28.7 Å². The Morgan fingerprint density at radius 2 is 1.11 bits per heavy atom. The van der Waals surface area contributed by atoms with E-state index in [1.54, 1.807) is 0 Å². The molecule has 2 rings (SSSR count). The molecule has 0 saturated carbocycles. The summed E-state index contributed by atoms with van der Waals surface area (Å²) in [5.41, 5.74) is 2.94. The van der Waals surface area contributed by atoms with Gasteiger partial charge in [0.2, 0.25) is 0 Å². The molecular weight excluding hydrogens is 442 g/mol. The van der Waals surface area contributed by atoms with Crippen molar-refractivity contribution in [1.29, 1.82) is 0 Å². The Labute approximate surface area is 254 Å². The molecule has 2 aromatic rings. The largest absolute Gasteiger partial charge is 1.00 e. The van der Waals surface area contributed by atoms with Gasteiger partial charge in [0.15, 0.2) is 0 Å². The van der Waals surface area contributed by atoms with Gasteiger partial charge in [-0.15, -0.1) is 0 Å². The number of hydrogen-bond donors (Lipinski definition) is 0. The summed E-state index contributed by atoms with van der Waals surface area (Å²) in [6, 6.07) is 17.2. The summed E-state index contributed by atoms with van der Waals surface area (Å²) in [6.45, 7) is 0. The zero-order valence-corrected chi connectivity index (χ0v) is 26.5. The fourth-order valence-electron chi connectivity index (χ4n) is 2.47. The van der Waals surface area contributed by atoms with Crippen LogP contribution < -0.4 is 138 Å². The first-order valence-electron chi connectivity index (χ1n) is 7.36. The van der Waals surface area contributed by atoms with E-state index in [-0.39, 0.29) is 125 Å². The molecule has 0 aliphatic carbocycles. The molecular formula is C16H16Na4O6P2. The Balaban J connectivity index is -0.00000156. The summed E-state index contributed by atoms with van der Waals surface area (Å²) in [7, 11) is -10.9. The van der Waals surface area contributed by atoms with E-state index < -0.39 is 27.0 Å². The number of hydrogen-bond acceptors (Lipinski definition) is 6. The molecule has 0 aliphatic heterocycles. The van der Waals surface area contributed by atoms with E-state index in [2.05, 4.69) is 0 Å². The molecule has 0 radical (unpaired) electrons. The topological polar surface area (TPSA) is 126 Å². The van der Waals surface area contributed by atoms with Crippen molar-refractivity contribution < 1.29 is 147 Å². The van der Waals surface area contributed by atoms with Crippen LogP contribution in [-0.4, -0.2) is 5.40 Å². The van der Waals surface area contributed by atoms with Crippen LogP contribution >= 0.6 is 15.2 Å². The van der Waals surface area contributed by atoms with Crippen LogP contribution in [0.15, 0.2) is 54.6 Å². The van der Waals surface area contributed by atoms with Crippen molar-refractivity contribution in [2.24, 2.45) is 0 Å². The first-order chi connectivity index (χ1) is 11.2. The van der Waals surface area contributed by atoms with Crippen molar-refractivity contribution in [2.45, 2.75) is 24.7 Å². The van der Waals surface area contributed by atoms with Crippen LogP contribution in [0, 0.1) is 0 Å². The molecule has 0 unspecified atom stereocenters. The minimum absolute atomic E-state index is 0. The van der Waals surface area contributed by atoms with Crippen molar-refractivity contribution in [3.8, 4) is 11.1 Å². The van der Waals surface area contributed by atoms with Crippen molar-refractivity contribution in [2.75, 3.05) is 0 Å². The molecule has 0 aromatic heterocycles. The Kier molecular flexibility index (Phi) is 20.7. The summed E-state index contributed by atoms with van der Waals surface area (Å²) in [6.07, 6.45) is 0.0266. The fourth-order valence-corrected chi connectivity index (χ4v) is 4.86. The molecule has 0 fully saturated rings. The van der Waals surface area contributed by atoms with Gasteiger partial charge in [0.25, 0.3) is 0 Å². The molecule has 0 N–H and O–H groups in total. The van der Waals surface area contributed by atoms with Gasteiger partial charge in [-0.05, 0) is 36.0 Å². The molecule has 0 amide bonds. The Bertz CT molecular complexity index is 742. The van der Waals surface area contributed by atoms with Gasteiger partial charge in [-0.2, -0.15) is 0 Å². The number of rotatable bonds is 7. The van der Waals surface area contributed by atoms with E-state index in [4.69, 9.17) is 0 Å². The van der Waals surface area contributed by atoms with Gasteiger partial charge < -0.3 is 28.7 Å². The first-order valence-corrected chi connectivity index (χ1v) is 10.6. The van der Waals surface area contributed by atoms with Crippen molar-refractivity contribution in [1.82, 2.24) is 0 Å². The second kappa shape index (κ2) is 16.4. The Hall–Kier alpha value is 2.74. The van der Waals surface area contributed by atoms with Crippen LogP contribution in [-0.2, 0) is 15.6 Å². The van der Waals surface area contributed by atoms with Crippen LogP contribution in [0.2, 0.25) is 0 Å². The summed E-state index contributed by atoms with van der Waals surface area (Å²) in [4.78, 5) is 43.7. The maximum atomic E-state index is 10.9. The van der Waals surface area contributed by atoms with E-state index in [1.165, 1.54) is 0 Å². The summed E-state index contributed by atoms with van der Waals surface area (Å²) >= 11 is 0. The van der Waals surface area contributed by atoms with Gasteiger partial charge in [-0.1, -0.05) is 69.8 Å². The van der Waals surface area contributed by atoms with Gasteiger partial charge in [-0.3, -0.25) is 0 Å². The zero-order chi connectivity index (χ0) is 17.8. The molecule has 12 heteroatoms. The van der Waals surface area contributed by atoms with Crippen LogP contribution in [0.25, 0.3) is 11.1 Å². The summed E-state index contributed by atoms with van der Waals surface area (Å²) < 4.78 is 21.8. The standard InChI is InChI=1S/C16H20O6P2.4Na/c17-23(18,19)16(24(20,21)22)8-4-5-13-9-11-15(12-10-13)14-6-2-1-3-7-14;;;;/h1-3,6-7,9-12,16H,4-5,8H2,(H2,17,18,19)(H2,20,21,22);;;;/q;4*+1/p-4. The van der Waals surface area contributed by atoms with E-state index in [0.717, 1.165) is 16.7 Å². The number of benzene rings is 2. The monoisotopic (exact) mass is 458 g/mol. The second-order valence-electron chi connectivity index (χ2n) is 5.52. The Morgan fingerprint density at radius 1 is 0.679 bits per heavy atom. The van der Waals surface area contributed by atoms with Gasteiger partial charge in [-0.25, -0.2) is 0 Å². The second-order valence-corrected chi connectivity index (χ2v) is 9.33.